The Labute approximate surface area is 182 Å². The molecule has 2 aromatic carbocycles. The number of nitrogens with zero attached hydrogens (tertiary/aromatic N) is 2. The van der Waals surface area contributed by atoms with Crippen molar-refractivity contribution in [2.24, 2.45) is 5.10 Å². The lowest BCUT2D eigenvalue weighted by atomic mass is 10.0. The summed E-state index contributed by atoms with van der Waals surface area (Å²) in [7, 11) is 0. The third-order valence-electron chi connectivity index (χ3n) is 4.73. The number of para-hydroxylation sites is 2. The summed E-state index contributed by atoms with van der Waals surface area (Å²) in [6.45, 7) is 8.31. The first kappa shape index (κ1) is 21.8. The number of nitrogens with one attached hydrogen (secondary N) is 2. The first-order valence-electron chi connectivity index (χ1n) is 10.2. The van der Waals surface area contributed by atoms with E-state index in [9.17, 15) is 4.79 Å². The standard InChI is InChI=1S/C24H28N4OS/c1-5-22(30-24-26-20-8-6-7-9-21(20)27-24)23(29)28-25-15-17(4)14-18-10-12-19(13-11-18)16(2)3/h6-16,22H,5H2,1-4H3,(H,26,27)(H,28,29)/b17-14-,25-15+/t22-/m0/s1. The second kappa shape index (κ2) is 10.3. The van der Waals surface area contributed by atoms with Crippen LogP contribution in [0, 0.1) is 0 Å². The lowest BCUT2D eigenvalue weighted by molar-refractivity contribution is -0.120. The Kier molecular flexibility index (Phi) is 7.46. The Bertz CT molecular complexity index is 1020. The van der Waals surface area contributed by atoms with Crippen LogP contribution < -0.4 is 5.43 Å². The molecule has 1 amide bonds. The summed E-state index contributed by atoms with van der Waals surface area (Å²) < 4.78 is 0. The fourth-order valence-corrected chi connectivity index (χ4v) is 3.91. The molecule has 0 unspecified atom stereocenters. The molecule has 3 rings (SSSR count). The molecule has 0 radical (unpaired) electrons. The Morgan fingerprint density at radius 3 is 2.60 bits per heavy atom. The molecule has 156 valence electrons. The topological polar surface area (TPSA) is 70.1 Å². The van der Waals surface area contributed by atoms with E-state index < -0.39 is 0 Å². The number of hydrazone groups is 1. The van der Waals surface area contributed by atoms with Crippen LogP contribution in [0.15, 0.2) is 64.4 Å². The molecule has 2 N–H and O–H groups in total. The molecule has 0 aliphatic rings. The predicted molar refractivity (Wildman–Crippen MR) is 127 cm³/mol. The summed E-state index contributed by atoms with van der Waals surface area (Å²) in [5, 5.41) is 4.60. The van der Waals surface area contributed by atoms with Gasteiger partial charge in [0, 0.05) is 0 Å². The zero-order valence-corrected chi connectivity index (χ0v) is 18.7. The third-order valence-corrected chi connectivity index (χ3v) is 5.97. The molecule has 6 heteroatoms. The van der Waals surface area contributed by atoms with Crippen LogP contribution >= 0.6 is 11.8 Å². The monoisotopic (exact) mass is 420 g/mol. The van der Waals surface area contributed by atoms with Gasteiger partial charge in [-0.1, -0.05) is 75.0 Å². The first-order chi connectivity index (χ1) is 14.5. The van der Waals surface area contributed by atoms with Crippen molar-refractivity contribution in [3.05, 3.63) is 65.2 Å². The Balaban J connectivity index is 1.57. The van der Waals surface area contributed by atoms with Gasteiger partial charge in [0.05, 0.1) is 22.5 Å². The van der Waals surface area contributed by atoms with Crippen LogP contribution in [0.1, 0.15) is 51.2 Å². The van der Waals surface area contributed by atoms with Gasteiger partial charge in [0.15, 0.2) is 5.16 Å². The van der Waals surface area contributed by atoms with Gasteiger partial charge in [-0.25, -0.2) is 10.4 Å². The van der Waals surface area contributed by atoms with Crippen molar-refractivity contribution in [1.29, 1.82) is 0 Å². The van der Waals surface area contributed by atoms with E-state index in [-0.39, 0.29) is 11.2 Å². The highest BCUT2D eigenvalue weighted by molar-refractivity contribution is 8.00. The minimum Gasteiger partial charge on any atom is -0.333 e. The Morgan fingerprint density at radius 1 is 1.20 bits per heavy atom. The van der Waals surface area contributed by atoms with Crippen molar-refractivity contribution in [3.8, 4) is 0 Å². The average Bonchev–Trinajstić information content (AvgIpc) is 3.14. The molecule has 1 atom stereocenters. The lowest BCUT2D eigenvalue weighted by Crippen LogP contribution is -2.28. The number of carbonyl (C=O) groups excluding carboxylic acids is 1. The highest BCUT2D eigenvalue weighted by Crippen LogP contribution is 2.25. The van der Waals surface area contributed by atoms with Crippen LogP contribution in [0.2, 0.25) is 0 Å². The normalized spacial score (nSPS) is 13.3. The van der Waals surface area contributed by atoms with Crippen molar-refractivity contribution in [3.63, 3.8) is 0 Å². The number of thioether (sulfide) groups is 1. The number of allylic oxidation sites excluding steroid dienone is 1. The van der Waals surface area contributed by atoms with E-state index >= 15 is 0 Å². The van der Waals surface area contributed by atoms with E-state index in [0.717, 1.165) is 27.3 Å². The minimum absolute atomic E-state index is 0.131. The second-order valence-corrected chi connectivity index (χ2v) is 8.71. The van der Waals surface area contributed by atoms with E-state index in [4.69, 9.17) is 0 Å². The Morgan fingerprint density at radius 2 is 1.93 bits per heavy atom. The van der Waals surface area contributed by atoms with Crippen LogP contribution in [0.4, 0.5) is 0 Å². The van der Waals surface area contributed by atoms with E-state index in [1.54, 1.807) is 6.21 Å². The second-order valence-electron chi connectivity index (χ2n) is 7.52. The van der Waals surface area contributed by atoms with Crippen molar-refractivity contribution in [2.75, 3.05) is 0 Å². The molecule has 0 saturated heterocycles. The minimum atomic E-state index is -0.268. The smallest absolute Gasteiger partial charge is 0.253 e. The van der Waals surface area contributed by atoms with Crippen LogP contribution in [0.25, 0.3) is 17.1 Å². The molecule has 5 nitrogen and oxygen atoms in total. The highest BCUT2D eigenvalue weighted by atomic mass is 32.2. The molecule has 0 spiro atoms. The van der Waals surface area contributed by atoms with Gasteiger partial charge in [-0.2, -0.15) is 5.10 Å². The predicted octanol–water partition coefficient (Wildman–Crippen LogP) is 5.76. The molecular weight excluding hydrogens is 392 g/mol. The summed E-state index contributed by atoms with van der Waals surface area (Å²) in [5.74, 6) is 0.387. The molecule has 1 aromatic heterocycles. The maximum Gasteiger partial charge on any atom is 0.253 e. The number of H-pyrrole nitrogens is 1. The summed E-state index contributed by atoms with van der Waals surface area (Å²) in [5.41, 5.74) is 7.92. The number of imidazole rings is 1. The molecule has 1 heterocycles. The van der Waals surface area contributed by atoms with Crippen molar-refractivity contribution < 1.29 is 4.79 Å². The van der Waals surface area contributed by atoms with E-state index in [0.29, 0.717) is 12.3 Å². The number of hydrogen-bond donors (Lipinski definition) is 2. The fraction of sp³-hybridized carbons (Fsp3) is 0.292. The molecular formula is C24H28N4OS. The van der Waals surface area contributed by atoms with E-state index in [1.165, 1.54) is 17.3 Å². The number of hydrogen-bond acceptors (Lipinski definition) is 4. The fourth-order valence-electron chi connectivity index (χ4n) is 2.99. The molecule has 0 saturated carbocycles. The Hall–Kier alpha value is -2.86. The van der Waals surface area contributed by atoms with Crippen molar-refractivity contribution in [1.82, 2.24) is 15.4 Å². The summed E-state index contributed by atoms with van der Waals surface area (Å²) in [6.07, 6.45) is 4.40. The maximum atomic E-state index is 12.5. The molecule has 3 aromatic rings. The van der Waals surface area contributed by atoms with E-state index in [2.05, 4.69) is 58.6 Å². The van der Waals surface area contributed by atoms with Gasteiger partial charge in [-0.15, -0.1) is 0 Å². The average molecular weight is 421 g/mol. The van der Waals surface area contributed by atoms with Crippen LogP contribution in [-0.4, -0.2) is 27.3 Å². The summed E-state index contributed by atoms with van der Waals surface area (Å²) >= 11 is 1.42. The molecule has 0 aliphatic carbocycles. The lowest BCUT2D eigenvalue weighted by Gasteiger charge is -2.10. The number of aromatic nitrogens is 2. The number of amides is 1. The van der Waals surface area contributed by atoms with Gasteiger partial charge in [0.1, 0.15) is 0 Å². The van der Waals surface area contributed by atoms with Gasteiger partial charge in [-0.05, 0) is 48.1 Å². The van der Waals surface area contributed by atoms with Gasteiger partial charge in [0.2, 0.25) is 0 Å². The molecule has 30 heavy (non-hydrogen) atoms. The first-order valence-corrected chi connectivity index (χ1v) is 11.1. The van der Waals surface area contributed by atoms with Gasteiger partial charge >= 0.3 is 0 Å². The van der Waals surface area contributed by atoms with Crippen LogP contribution in [0.5, 0.6) is 0 Å². The van der Waals surface area contributed by atoms with Crippen molar-refractivity contribution in [2.45, 2.75) is 50.4 Å². The van der Waals surface area contributed by atoms with Gasteiger partial charge < -0.3 is 4.98 Å². The number of aromatic amines is 1. The number of benzene rings is 2. The molecule has 0 aliphatic heterocycles. The largest absolute Gasteiger partial charge is 0.333 e. The van der Waals surface area contributed by atoms with Crippen LogP contribution in [0.3, 0.4) is 0 Å². The maximum absolute atomic E-state index is 12.5. The molecule has 0 fully saturated rings. The van der Waals surface area contributed by atoms with E-state index in [1.807, 2.05) is 44.2 Å². The quantitative estimate of drug-likeness (QED) is 0.276. The zero-order chi connectivity index (χ0) is 21.5. The van der Waals surface area contributed by atoms with Crippen LogP contribution in [-0.2, 0) is 4.79 Å². The SMILES string of the molecule is CC[C@H](Sc1nc2ccccc2[nH]1)C(=O)N/N=C/C(C)=C\c1ccc(C(C)C)cc1. The number of rotatable bonds is 8. The summed E-state index contributed by atoms with van der Waals surface area (Å²) in [4.78, 5) is 20.3. The number of carbonyl (C=O) groups is 1. The third kappa shape index (κ3) is 5.83. The number of fused-ring (bicyclic) bond motifs is 1. The highest BCUT2D eigenvalue weighted by Gasteiger charge is 2.19. The van der Waals surface area contributed by atoms with Gasteiger partial charge in [-0.3, -0.25) is 4.79 Å². The zero-order valence-electron chi connectivity index (χ0n) is 17.8. The van der Waals surface area contributed by atoms with Gasteiger partial charge in [0.25, 0.3) is 5.91 Å². The molecule has 0 bridgehead atoms. The van der Waals surface area contributed by atoms with Crippen molar-refractivity contribution >= 4 is 41.0 Å². The summed E-state index contributed by atoms with van der Waals surface area (Å²) in [6, 6.07) is 16.3.